The zero-order chi connectivity index (χ0) is 26.7. The van der Waals surface area contributed by atoms with Crippen molar-refractivity contribution >= 4 is 23.3 Å². The standard InChI is InChI=1S/C24H19F6N3O3/c1-21(2)10-16-18(17(34)11-21)22(24(28,29)30,32-19(35)13-5-4-8-31-12-13)20(36)33(16)15-7-3-6-14(9-15)23(25,26)27/h3-9,12H,10-11H2,1-2H3,(H,32,35)/t22-/m0/s1. The van der Waals surface area contributed by atoms with Crippen molar-refractivity contribution in [3.05, 3.63) is 71.2 Å². The van der Waals surface area contributed by atoms with E-state index in [0.717, 1.165) is 24.4 Å². The number of carbonyl (C=O) groups is 3. The number of allylic oxidation sites excluding steroid dienone is 1. The Bertz CT molecular complexity index is 1280. The Morgan fingerprint density at radius 1 is 1.03 bits per heavy atom. The summed E-state index contributed by atoms with van der Waals surface area (Å²) in [4.78, 5) is 43.7. The van der Waals surface area contributed by atoms with Crippen LogP contribution in [0.5, 0.6) is 0 Å². The minimum Gasteiger partial charge on any atom is -0.326 e. The fourth-order valence-electron chi connectivity index (χ4n) is 4.59. The third kappa shape index (κ3) is 4.03. The Morgan fingerprint density at radius 2 is 1.72 bits per heavy atom. The maximum absolute atomic E-state index is 14.8. The Balaban J connectivity index is 1.96. The summed E-state index contributed by atoms with van der Waals surface area (Å²) in [5, 5.41) is 1.70. The lowest BCUT2D eigenvalue weighted by Gasteiger charge is -2.35. The highest BCUT2D eigenvalue weighted by Gasteiger charge is 2.72. The second-order valence-electron chi connectivity index (χ2n) is 9.39. The summed E-state index contributed by atoms with van der Waals surface area (Å²) in [5.41, 5.74) is -8.09. The predicted molar refractivity (Wildman–Crippen MR) is 114 cm³/mol. The van der Waals surface area contributed by atoms with Crippen LogP contribution in [0.15, 0.2) is 60.1 Å². The van der Waals surface area contributed by atoms with Crippen LogP contribution in [0.4, 0.5) is 32.0 Å². The number of nitrogens with zero attached hydrogens (tertiary/aromatic N) is 2. The fourth-order valence-corrected chi connectivity index (χ4v) is 4.59. The molecule has 4 rings (SSSR count). The summed E-state index contributed by atoms with van der Waals surface area (Å²) in [6.45, 7) is 3.18. The lowest BCUT2D eigenvalue weighted by Crippen LogP contribution is -2.66. The maximum Gasteiger partial charge on any atom is 0.425 e. The second kappa shape index (κ2) is 8.17. The first-order valence-corrected chi connectivity index (χ1v) is 10.7. The number of alkyl halides is 6. The van der Waals surface area contributed by atoms with Crippen molar-refractivity contribution in [2.24, 2.45) is 5.41 Å². The van der Waals surface area contributed by atoms with Crippen molar-refractivity contribution < 1.29 is 40.7 Å². The number of anilines is 1. The predicted octanol–water partition coefficient (Wildman–Crippen LogP) is 4.82. The summed E-state index contributed by atoms with van der Waals surface area (Å²) in [7, 11) is 0. The highest BCUT2D eigenvalue weighted by atomic mass is 19.4. The molecule has 0 saturated carbocycles. The van der Waals surface area contributed by atoms with E-state index in [1.807, 2.05) is 0 Å². The number of hydrogen-bond donors (Lipinski definition) is 1. The number of amides is 2. The van der Waals surface area contributed by atoms with Crippen LogP contribution in [0.2, 0.25) is 0 Å². The van der Waals surface area contributed by atoms with Crippen molar-refractivity contribution in [3.8, 4) is 0 Å². The zero-order valence-electron chi connectivity index (χ0n) is 18.9. The van der Waals surface area contributed by atoms with Crippen LogP contribution < -0.4 is 10.2 Å². The number of rotatable bonds is 3. The highest BCUT2D eigenvalue weighted by molar-refractivity contribution is 6.21. The molecule has 2 aromatic rings. The number of ketones is 1. The average Bonchev–Trinajstić information content (AvgIpc) is 3.01. The Labute approximate surface area is 201 Å². The SMILES string of the molecule is CC1(C)CC(=O)C2=C(C1)N(c1cccc(C(F)(F)F)c1)C(=O)[C@]2(NC(=O)c1cccnc1)C(F)(F)F. The molecule has 0 unspecified atom stereocenters. The fraction of sp³-hybridized carbons (Fsp3) is 0.333. The van der Waals surface area contributed by atoms with E-state index in [2.05, 4.69) is 4.98 Å². The molecule has 1 aromatic carbocycles. The number of halogens is 6. The number of Topliss-reactive ketones (excluding diaryl/α,β-unsaturated/α-hetero) is 1. The second-order valence-corrected chi connectivity index (χ2v) is 9.39. The van der Waals surface area contributed by atoms with Gasteiger partial charge in [0, 0.05) is 30.2 Å². The van der Waals surface area contributed by atoms with Gasteiger partial charge in [-0.2, -0.15) is 26.3 Å². The van der Waals surface area contributed by atoms with E-state index < -0.39 is 63.4 Å². The van der Waals surface area contributed by atoms with Gasteiger partial charge in [-0.15, -0.1) is 0 Å². The van der Waals surface area contributed by atoms with Crippen LogP contribution in [0.3, 0.4) is 0 Å². The smallest absolute Gasteiger partial charge is 0.326 e. The van der Waals surface area contributed by atoms with Gasteiger partial charge in [-0.05, 0) is 42.2 Å². The molecule has 0 fully saturated rings. The van der Waals surface area contributed by atoms with E-state index in [4.69, 9.17) is 0 Å². The molecule has 1 aliphatic heterocycles. The van der Waals surface area contributed by atoms with Gasteiger partial charge >= 0.3 is 12.4 Å². The topological polar surface area (TPSA) is 79.4 Å². The van der Waals surface area contributed by atoms with Crippen LogP contribution in [0.25, 0.3) is 0 Å². The van der Waals surface area contributed by atoms with E-state index in [1.54, 1.807) is 19.2 Å². The third-order valence-corrected chi connectivity index (χ3v) is 6.10. The molecule has 12 heteroatoms. The molecule has 190 valence electrons. The molecule has 2 aliphatic rings. The van der Waals surface area contributed by atoms with E-state index in [-0.39, 0.29) is 18.4 Å². The lowest BCUT2D eigenvalue weighted by atomic mass is 9.72. The van der Waals surface area contributed by atoms with Gasteiger partial charge in [0.25, 0.3) is 11.8 Å². The van der Waals surface area contributed by atoms with Gasteiger partial charge in [0.15, 0.2) is 5.78 Å². The van der Waals surface area contributed by atoms with Gasteiger partial charge in [0.1, 0.15) is 0 Å². The minimum absolute atomic E-state index is 0.226. The first kappa shape index (κ1) is 25.4. The Kier molecular flexibility index (Phi) is 5.76. The van der Waals surface area contributed by atoms with Crippen molar-refractivity contribution in [1.29, 1.82) is 0 Å². The minimum atomic E-state index is -5.50. The number of nitrogens with one attached hydrogen (secondary N) is 1. The molecule has 2 amide bonds. The number of pyridine rings is 1. The van der Waals surface area contributed by atoms with Crippen LogP contribution >= 0.6 is 0 Å². The number of hydrogen-bond acceptors (Lipinski definition) is 4. The van der Waals surface area contributed by atoms with Crippen LogP contribution in [-0.2, 0) is 15.8 Å². The van der Waals surface area contributed by atoms with E-state index in [9.17, 15) is 40.7 Å². The molecule has 36 heavy (non-hydrogen) atoms. The third-order valence-electron chi connectivity index (χ3n) is 6.10. The first-order chi connectivity index (χ1) is 16.6. The van der Waals surface area contributed by atoms with Crippen molar-refractivity contribution in [2.45, 2.75) is 44.6 Å². The Morgan fingerprint density at radius 3 is 2.31 bits per heavy atom. The summed E-state index contributed by atoms with van der Waals surface area (Å²) >= 11 is 0. The van der Waals surface area contributed by atoms with Crippen LogP contribution in [0.1, 0.15) is 42.6 Å². The molecule has 1 atom stereocenters. The van der Waals surface area contributed by atoms with E-state index in [0.29, 0.717) is 17.0 Å². The van der Waals surface area contributed by atoms with Crippen molar-refractivity contribution in [3.63, 3.8) is 0 Å². The zero-order valence-corrected chi connectivity index (χ0v) is 18.9. The number of aromatic nitrogens is 1. The number of benzene rings is 1. The highest BCUT2D eigenvalue weighted by Crippen LogP contribution is 2.53. The summed E-state index contributed by atoms with van der Waals surface area (Å²) in [5.74, 6) is -4.15. The summed E-state index contributed by atoms with van der Waals surface area (Å²) in [6.07, 6.45) is -8.68. The molecule has 0 spiro atoms. The quantitative estimate of drug-likeness (QED) is 0.600. The normalized spacial score (nSPS) is 22.1. The summed E-state index contributed by atoms with van der Waals surface area (Å²) in [6, 6.07) is 5.68. The Hall–Kier alpha value is -3.70. The largest absolute Gasteiger partial charge is 0.425 e. The van der Waals surface area contributed by atoms with Crippen LogP contribution in [-0.4, -0.2) is 34.3 Å². The number of carbonyl (C=O) groups excluding carboxylic acids is 3. The van der Waals surface area contributed by atoms with E-state index >= 15 is 0 Å². The molecular formula is C24H19F6N3O3. The molecule has 6 nitrogen and oxygen atoms in total. The molecule has 1 aromatic heterocycles. The molecule has 0 saturated heterocycles. The van der Waals surface area contributed by atoms with Gasteiger partial charge in [-0.25, -0.2) is 0 Å². The monoisotopic (exact) mass is 511 g/mol. The molecular weight excluding hydrogens is 492 g/mol. The van der Waals surface area contributed by atoms with Crippen LogP contribution in [0, 0.1) is 5.41 Å². The average molecular weight is 511 g/mol. The molecule has 2 heterocycles. The molecule has 1 N–H and O–H groups in total. The van der Waals surface area contributed by atoms with Crippen molar-refractivity contribution in [2.75, 3.05) is 4.90 Å². The van der Waals surface area contributed by atoms with Gasteiger partial charge < -0.3 is 5.32 Å². The van der Waals surface area contributed by atoms with Crippen molar-refractivity contribution in [1.82, 2.24) is 10.3 Å². The molecule has 0 bridgehead atoms. The maximum atomic E-state index is 14.8. The summed E-state index contributed by atoms with van der Waals surface area (Å²) < 4.78 is 84.5. The lowest BCUT2D eigenvalue weighted by molar-refractivity contribution is -0.186. The van der Waals surface area contributed by atoms with Gasteiger partial charge in [0.2, 0.25) is 5.54 Å². The van der Waals surface area contributed by atoms with E-state index in [1.165, 1.54) is 12.3 Å². The first-order valence-electron chi connectivity index (χ1n) is 10.7. The van der Waals surface area contributed by atoms with Gasteiger partial charge in [-0.1, -0.05) is 19.9 Å². The molecule has 0 radical (unpaired) electrons. The van der Waals surface area contributed by atoms with Gasteiger partial charge in [0.05, 0.1) is 16.7 Å². The van der Waals surface area contributed by atoms with Gasteiger partial charge in [-0.3, -0.25) is 24.3 Å². The molecule has 1 aliphatic carbocycles.